The first-order valence-corrected chi connectivity index (χ1v) is 5.80. The van der Waals surface area contributed by atoms with Gasteiger partial charge in [-0.3, -0.25) is 0 Å². The number of carbonyl (C=O) groups is 1. The number of rotatable bonds is 2. The van der Waals surface area contributed by atoms with Gasteiger partial charge in [-0.1, -0.05) is 6.07 Å². The highest BCUT2D eigenvalue weighted by molar-refractivity contribution is 6.02. The van der Waals surface area contributed by atoms with Crippen molar-refractivity contribution in [2.24, 2.45) is 0 Å². The molecular weight excluding hydrogens is 242 g/mol. The lowest BCUT2D eigenvalue weighted by molar-refractivity contribution is 0.0699. The van der Waals surface area contributed by atoms with Crippen LogP contribution in [-0.2, 0) is 0 Å². The van der Waals surface area contributed by atoms with Gasteiger partial charge in [0, 0.05) is 11.6 Å². The van der Waals surface area contributed by atoms with Gasteiger partial charge < -0.3 is 5.11 Å². The molecule has 0 aliphatic heterocycles. The molecule has 0 amide bonds. The second-order valence-electron chi connectivity index (χ2n) is 4.31. The van der Waals surface area contributed by atoms with Gasteiger partial charge >= 0.3 is 5.97 Å². The van der Waals surface area contributed by atoms with Gasteiger partial charge in [-0.2, -0.15) is 5.10 Å². The summed E-state index contributed by atoms with van der Waals surface area (Å²) in [5, 5.41) is 13.9. The third kappa shape index (κ3) is 1.95. The van der Waals surface area contributed by atoms with Crippen molar-refractivity contribution in [1.82, 2.24) is 14.8 Å². The summed E-state index contributed by atoms with van der Waals surface area (Å²) in [5.74, 6) is -0.279. The molecule has 0 bridgehead atoms. The van der Waals surface area contributed by atoms with E-state index in [1.807, 2.05) is 13.1 Å². The van der Waals surface area contributed by atoms with Crippen molar-refractivity contribution >= 4 is 16.9 Å². The number of hydrogen-bond acceptors (Lipinski definition) is 3. The molecule has 5 heteroatoms. The summed E-state index contributed by atoms with van der Waals surface area (Å²) >= 11 is 0. The lowest BCUT2D eigenvalue weighted by atomic mass is 10.1. The molecule has 0 radical (unpaired) electrons. The fourth-order valence-electron chi connectivity index (χ4n) is 2.00. The molecule has 2 heterocycles. The molecule has 0 atom stereocenters. The molecule has 0 aliphatic rings. The normalized spacial score (nSPS) is 10.8. The first-order valence-electron chi connectivity index (χ1n) is 5.80. The van der Waals surface area contributed by atoms with E-state index in [-0.39, 0.29) is 5.56 Å². The summed E-state index contributed by atoms with van der Waals surface area (Å²) in [6.45, 7) is 1.95. The zero-order chi connectivity index (χ0) is 13.4. The number of fused-ring (bicyclic) bond motifs is 1. The largest absolute Gasteiger partial charge is 0.478 e. The summed E-state index contributed by atoms with van der Waals surface area (Å²) in [6.07, 6.45) is 3.62. The minimum Gasteiger partial charge on any atom is -0.478 e. The highest BCUT2D eigenvalue weighted by Crippen LogP contribution is 2.19. The number of hydrogen-bond donors (Lipinski definition) is 1. The number of carboxylic acid groups (broad SMARTS) is 1. The minimum absolute atomic E-state index is 0.258. The Kier molecular flexibility index (Phi) is 2.52. The van der Waals surface area contributed by atoms with Crippen LogP contribution in [0, 0.1) is 6.92 Å². The molecule has 1 aromatic carbocycles. The maximum Gasteiger partial charge on any atom is 0.336 e. The third-order valence-electron chi connectivity index (χ3n) is 2.89. The van der Waals surface area contributed by atoms with Gasteiger partial charge in [0.2, 0.25) is 0 Å². The molecule has 19 heavy (non-hydrogen) atoms. The molecule has 1 N–H and O–H groups in total. The molecule has 3 aromatic rings. The van der Waals surface area contributed by atoms with Crippen LogP contribution in [0.25, 0.3) is 16.7 Å². The monoisotopic (exact) mass is 253 g/mol. The highest BCUT2D eigenvalue weighted by atomic mass is 16.4. The molecule has 0 fully saturated rings. The second-order valence-corrected chi connectivity index (χ2v) is 4.31. The van der Waals surface area contributed by atoms with E-state index in [0.717, 1.165) is 5.56 Å². The van der Waals surface area contributed by atoms with E-state index < -0.39 is 5.97 Å². The van der Waals surface area contributed by atoms with Crippen LogP contribution < -0.4 is 0 Å². The van der Waals surface area contributed by atoms with Crippen molar-refractivity contribution in [2.75, 3.05) is 0 Å². The summed E-state index contributed by atoms with van der Waals surface area (Å²) in [7, 11) is 0. The van der Waals surface area contributed by atoms with Gasteiger partial charge in [0.1, 0.15) is 0 Å². The first-order chi connectivity index (χ1) is 9.15. The molecule has 5 nitrogen and oxygen atoms in total. The maximum atomic E-state index is 11.1. The van der Waals surface area contributed by atoms with Gasteiger partial charge in [-0.25, -0.2) is 14.5 Å². The number of aryl methyl sites for hydroxylation is 1. The molecule has 0 saturated carbocycles. The van der Waals surface area contributed by atoms with E-state index in [1.54, 1.807) is 41.2 Å². The number of benzene rings is 1. The lowest BCUT2D eigenvalue weighted by Crippen LogP contribution is -2.01. The quantitative estimate of drug-likeness (QED) is 0.761. The van der Waals surface area contributed by atoms with Gasteiger partial charge in [-0.15, -0.1) is 0 Å². The van der Waals surface area contributed by atoms with Crippen molar-refractivity contribution in [3.63, 3.8) is 0 Å². The third-order valence-corrected chi connectivity index (χ3v) is 2.89. The average molecular weight is 253 g/mol. The van der Waals surface area contributed by atoms with Crippen LogP contribution in [0.5, 0.6) is 0 Å². The Bertz CT molecular complexity index is 777. The Hall–Kier alpha value is -2.69. The lowest BCUT2D eigenvalue weighted by Gasteiger charge is -2.05. The van der Waals surface area contributed by atoms with E-state index in [1.165, 1.54) is 0 Å². The van der Waals surface area contributed by atoms with Crippen molar-refractivity contribution in [1.29, 1.82) is 0 Å². The SMILES string of the molecule is Cc1cnn(-c2ccc3c(C(=O)O)cccc3n2)c1. The Labute approximate surface area is 109 Å². The zero-order valence-corrected chi connectivity index (χ0v) is 10.2. The van der Waals surface area contributed by atoms with Crippen molar-refractivity contribution in [2.45, 2.75) is 6.92 Å². The van der Waals surface area contributed by atoms with Gasteiger partial charge in [-0.05, 0) is 36.8 Å². The Morgan fingerprint density at radius 2 is 2.11 bits per heavy atom. The molecule has 94 valence electrons. The first kappa shape index (κ1) is 11.4. The number of pyridine rings is 1. The van der Waals surface area contributed by atoms with E-state index in [2.05, 4.69) is 10.1 Å². The number of carboxylic acids is 1. The molecule has 2 aromatic heterocycles. The van der Waals surface area contributed by atoms with Gasteiger partial charge in [0.05, 0.1) is 17.3 Å². The molecule has 0 unspecified atom stereocenters. The molecular formula is C14H11N3O2. The number of aromatic carboxylic acids is 1. The summed E-state index contributed by atoms with van der Waals surface area (Å²) in [6, 6.07) is 8.59. The van der Waals surface area contributed by atoms with Crippen LogP contribution in [0.4, 0.5) is 0 Å². The molecule has 0 spiro atoms. The van der Waals surface area contributed by atoms with E-state index in [0.29, 0.717) is 16.7 Å². The van der Waals surface area contributed by atoms with Crippen LogP contribution in [0.15, 0.2) is 42.7 Å². The smallest absolute Gasteiger partial charge is 0.336 e. The van der Waals surface area contributed by atoms with Crippen LogP contribution in [-0.4, -0.2) is 25.8 Å². The van der Waals surface area contributed by atoms with E-state index in [9.17, 15) is 4.79 Å². The standard InChI is InChI=1S/C14H11N3O2/c1-9-7-15-17(8-9)13-6-5-10-11(14(18)19)3-2-4-12(10)16-13/h2-8H,1H3,(H,18,19). The van der Waals surface area contributed by atoms with Crippen LogP contribution in [0.1, 0.15) is 15.9 Å². The van der Waals surface area contributed by atoms with Crippen molar-refractivity contribution in [3.8, 4) is 5.82 Å². The van der Waals surface area contributed by atoms with Gasteiger partial charge in [0.15, 0.2) is 5.82 Å². The predicted octanol–water partition coefficient (Wildman–Crippen LogP) is 2.43. The Morgan fingerprint density at radius 1 is 1.26 bits per heavy atom. The van der Waals surface area contributed by atoms with Crippen LogP contribution in [0.3, 0.4) is 0 Å². The van der Waals surface area contributed by atoms with Crippen molar-refractivity contribution < 1.29 is 9.90 Å². The predicted molar refractivity (Wildman–Crippen MR) is 70.6 cm³/mol. The van der Waals surface area contributed by atoms with Crippen molar-refractivity contribution in [3.05, 3.63) is 53.9 Å². The Balaban J connectivity index is 2.19. The number of nitrogens with zero attached hydrogens (tertiary/aromatic N) is 3. The van der Waals surface area contributed by atoms with E-state index >= 15 is 0 Å². The fraction of sp³-hybridized carbons (Fsp3) is 0.0714. The molecule has 0 aliphatic carbocycles. The molecule has 0 saturated heterocycles. The minimum atomic E-state index is -0.949. The van der Waals surface area contributed by atoms with E-state index in [4.69, 9.17) is 5.11 Å². The second kappa shape index (κ2) is 4.20. The summed E-state index contributed by atoms with van der Waals surface area (Å²) in [4.78, 5) is 15.6. The fourth-order valence-corrected chi connectivity index (χ4v) is 2.00. The highest BCUT2D eigenvalue weighted by Gasteiger charge is 2.09. The molecule has 3 rings (SSSR count). The topological polar surface area (TPSA) is 68.0 Å². The van der Waals surface area contributed by atoms with Gasteiger partial charge in [0.25, 0.3) is 0 Å². The maximum absolute atomic E-state index is 11.1. The summed E-state index contributed by atoms with van der Waals surface area (Å²) < 4.78 is 1.67. The summed E-state index contributed by atoms with van der Waals surface area (Å²) in [5.41, 5.74) is 1.94. The average Bonchev–Trinajstić information content (AvgIpc) is 2.84. The number of aromatic nitrogens is 3. The van der Waals surface area contributed by atoms with Crippen LogP contribution >= 0.6 is 0 Å². The Morgan fingerprint density at radius 3 is 2.79 bits per heavy atom. The van der Waals surface area contributed by atoms with Crippen LogP contribution in [0.2, 0.25) is 0 Å². The zero-order valence-electron chi connectivity index (χ0n) is 10.2.